The Morgan fingerprint density at radius 3 is 2.22 bits per heavy atom. The monoisotopic (exact) mass is 978 g/mol. The molecule has 2 aliphatic heterocycles. The third kappa shape index (κ3) is 13.5. The number of pyridine rings is 1. The summed E-state index contributed by atoms with van der Waals surface area (Å²) < 4.78 is 6.38. The van der Waals surface area contributed by atoms with E-state index in [1.807, 2.05) is 102 Å². The molecule has 69 heavy (non-hydrogen) atoms. The minimum Gasteiger partial charge on any atom is -0.446 e. The maximum absolute atomic E-state index is 14.0. The first-order valence-electron chi connectivity index (χ1n) is 24.3. The third-order valence-corrected chi connectivity index (χ3v) is 14.5. The molecule has 0 unspecified atom stereocenters. The van der Waals surface area contributed by atoms with Crippen molar-refractivity contribution in [2.75, 3.05) is 23.3 Å². The highest BCUT2D eigenvalue weighted by Crippen LogP contribution is 2.35. The van der Waals surface area contributed by atoms with Gasteiger partial charge in [-0.25, -0.2) is 14.8 Å². The van der Waals surface area contributed by atoms with Crippen LogP contribution in [0.25, 0.3) is 31.8 Å². The zero-order chi connectivity index (χ0) is 49.2. The molecule has 5 aromatic rings. The number of benzene rings is 2. The SMILES string of the molecule is Cc1ncsc1-c1ccc(CNC(=O)[C@@H]2C[C@@H](O)CN2C(=O)[C@@H](NC(=O)CCCCCCCCCCC(=O)Nc2nc3ccc(-c4cnc5c(c4)N(C(=O)OC(C)C)CC5)cc3s2)C(C)(C)C)cc1. The lowest BCUT2D eigenvalue weighted by atomic mass is 9.85. The van der Waals surface area contributed by atoms with Crippen molar-refractivity contribution >= 4 is 73.4 Å². The zero-order valence-corrected chi connectivity index (χ0v) is 42.3. The molecule has 5 amide bonds. The molecule has 1 fully saturated rings. The molecule has 1 saturated heterocycles. The number of hydrogen-bond donors (Lipinski definition) is 4. The topological polar surface area (TPSA) is 196 Å². The number of nitrogens with one attached hydrogen (secondary N) is 3. The van der Waals surface area contributed by atoms with Crippen molar-refractivity contribution in [1.29, 1.82) is 0 Å². The highest BCUT2D eigenvalue weighted by atomic mass is 32.1. The van der Waals surface area contributed by atoms with Gasteiger partial charge >= 0.3 is 6.09 Å². The first-order chi connectivity index (χ1) is 33.0. The van der Waals surface area contributed by atoms with Gasteiger partial charge in [0.2, 0.25) is 23.6 Å². The smallest absolute Gasteiger partial charge is 0.414 e. The van der Waals surface area contributed by atoms with Crippen molar-refractivity contribution in [3.8, 4) is 21.6 Å². The lowest BCUT2D eigenvalue weighted by Gasteiger charge is -2.35. The average Bonchev–Trinajstić information content (AvgIpc) is 4.12. The van der Waals surface area contributed by atoms with Crippen molar-refractivity contribution in [2.24, 2.45) is 5.41 Å². The first kappa shape index (κ1) is 51.1. The number of aromatic nitrogens is 3. The van der Waals surface area contributed by atoms with E-state index >= 15 is 0 Å². The Hall–Kier alpha value is -5.78. The van der Waals surface area contributed by atoms with Gasteiger partial charge in [-0.3, -0.25) is 29.1 Å². The minimum absolute atomic E-state index is 0.0267. The summed E-state index contributed by atoms with van der Waals surface area (Å²) in [4.78, 5) is 83.9. The number of β-amino-alcohol motifs (C(OH)–C–C–N with tert-alkyl or cyclic N) is 1. The summed E-state index contributed by atoms with van der Waals surface area (Å²) in [6.07, 6.45) is 9.35. The molecule has 0 saturated carbocycles. The van der Waals surface area contributed by atoms with Crippen molar-refractivity contribution in [3.63, 3.8) is 0 Å². The number of nitrogens with zero attached hydrogens (tertiary/aromatic N) is 5. The Morgan fingerprint density at radius 1 is 0.870 bits per heavy atom. The van der Waals surface area contributed by atoms with Crippen molar-refractivity contribution in [3.05, 3.63) is 77.2 Å². The number of aliphatic hydroxyl groups excluding tert-OH is 1. The quantitative estimate of drug-likeness (QED) is 0.0546. The molecule has 7 rings (SSSR count). The molecule has 15 nitrogen and oxygen atoms in total. The highest BCUT2D eigenvalue weighted by molar-refractivity contribution is 7.22. The largest absolute Gasteiger partial charge is 0.446 e. The number of ether oxygens (including phenoxy) is 1. The molecule has 2 aromatic carbocycles. The predicted octanol–water partition coefficient (Wildman–Crippen LogP) is 9.35. The van der Waals surface area contributed by atoms with E-state index in [4.69, 9.17) is 4.74 Å². The summed E-state index contributed by atoms with van der Waals surface area (Å²) >= 11 is 3.01. The van der Waals surface area contributed by atoms with Gasteiger partial charge < -0.3 is 30.7 Å². The minimum atomic E-state index is -0.859. The average molecular weight is 979 g/mol. The van der Waals surface area contributed by atoms with Crippen LogP contribution in [0.1, 0.15) is 122 Å². The maximum atomic E-state index is 14.0. The van der Waals surface area contributed by atoms with E-state index in [0.29, 0.717) is 37.4 Å². The van der Waals surface area contributed by atoms with Crippen LogP contribution in [-0.4, -0.2) is 92.1 Å². The van der Waals surface area contributed by atoms with Crippen LogP contribution in [0.15, 0.2) is 60.2 Å². The molecular weight excluding hydrogens is 913 g/mol. The standard InChI is InChI=1S/C52H66N8O7S2/c1-32(2)67-51(66)59-24-23-39-41(59)25-37(29-53-39)36-21-22-40-43(26-36)69-50(56-40)58-45(63)16-14-12-10-8-7-9-11-13-15-44(62)57-47(52(4,5)6)49(65)60-30-38(61)27-42(60)48(64)54-28-34-17-19-35(20-18-34)46-33(3)55-31-68-46/h17-22,25-26,29,31-32,38,42,47,61H,7-16,23-24,27-28,30H2,1-6H3,(H,54,64)(H,57,62)(H,56,58,63)/t38-,42+,47-/m1/s1. The normalized spacial score (nSPS) is 16.2. The molecule has 3 aromatic heterocycles. The van der Waals surface area contributed by atoms with Gasteiger partial charge in [0.1, 0.15) is 12.1 Å². The third-order valence-electron chi connectivity index (χ3n) is 12.6. The van der Waals surface area contributed by atoms with Gasteiger partial charge in [-0.2, -0.15) is 0 Å². The lowest BCUT2D eigenvalue weighted by molar-refractivity contribution is -0.144. The van der Waals surface area contributed by atoms with Crippen molar-refractivity contribution in [2.45, 2.75) is 149 Å². The number of hydrogen-bond acceptors (Lipinski definition) is 12. The molecule has 0 spiro atoms. The highest BCUT2D eigenvalue weighted by Gasteiger charge is 2.44. The summed E-state index contributed by atoms with van der Waals surface area (Å²) in [5.41, 5.74) is 8.42. The molecule has 0 aliphatic carbocycles. The number of thiazole rings is 2. The van der Waals surface area contributed by atoms with Crippen LogP contribution in [0.2, 0.25) is 0 Å². The molecule has 0 bridgehead atoms. The van der Waals surface area contributed by atoms with Gasteiger partial charge in [-0.05, 0) is 73.9 Å². The van der Waals surface area contributed by atoms with E-state index in [-0.39, 0.29) is 55.3 Å². The van der Waals surface area contributed by atoms with E-state index in [1.165, 1.54) is 16.2 Å². The summed E-state index contributed by atoms with van der Waals surface area (Å²) in [5.74, 6) is -0.969. The predicted molar refractivity (Wildman–Crippen MR) is 272 cm³/mol. The Kier molecular flexibility index (Phi) is 17.2. The number of carbonyl (C=O) groups is 5. The molecule has 17 heteroatoms. The van der Waals surface area contributed by atoms with Crippen LogP contribution in [0.4, 0.5) is 15.6 Å². The van der Waals surface area contributed by atoms with Crippen LogP contribution in [0, 0.1) is 12.3 Å². The van der Waals surface area contributed by atoms with Gasteiger partial charge in [0.05, 0.1) is 49.9 Å². The first-order valence-corrected chi connectivity index (χ1v) is 26.0. The molecule has 3 atom stereocenters. The van der Waals surface area contributed by atoms with Gasteiger partial charge in [0, 0.05) is 57.1 Å². The Morgan fingerprint density at radius 2 is 1.55 bits per heavy atom. The fraction of sp³-hybridized carbons (Fsp3) is 0.500. The molecule has 4 N–H and O–H groups in total. The van der Waals surface area contributed by atoms with Gasteiger partial charge in [-0.15, -0.1) is 11.3 Å². The summed E-state index contributed by atoms with van der Waals surface area (Å²) in [6.45, 7) is 12.2. The number of unbranched alkanes of at least 4 members (excludes halogenated alkanes) is 7. The van der Waals surface area contributed by atoms with Crippen LogP contribution in [0.5, 0.6) is 0 Å². The number of fused-ring (bicyclic) bond motifs is 2. The number of aryl methyl sites for hydroxylation is 1. The van der Waals surface area contributed by atoms with Crippen LogP contribution in [0.3, 0.4) is 0 Å². The van der Waals surface area contributed by atoms with Gasteiger partial charge in [0.15, 0.2) is 5.13 Å². The van der Waals surface area contributed by atoms with E-state index < -0.39 is 23.6 Å². The van der Waals surface area contributed by atoms with Crippen LogP contribution in [-0.2, 0) is 36.9 Å². The molecule has 5 heterocycles. The van der Waals surface area contributed by atoms with Crippen molar-refractivity contribution < 1.29 is 33.8 Å². The second-order valence-corrected chi connectivity index (χ2v) is 21.4. The fourth-order valence-corrected chi connectivity index (χ4v) is 10.6. The van der Waals surface area contributed by atoms with E-state index in [2.05, 4.69) is 30.9 Å². The lowest BCUT2D eigenvalue weighted by Crippen LogP contribution is -2.57. The van der Waals surface area contributed by atoms with Gasteiger partial charge in [0.25, 0.3) is 0 Å². The number of aliphatic hydroxyl groups is 1. The van der Waals surface area contributed by atoms with E-state index in [0.717, 1.165) is 99.4 Å². The number of anilines is 2. The fourth-order valence-electron chi connectivity index (χ4n) is 8.84. The summed E-state index contributed by atoms with van der Waals surface area (Å²) in [5, 5.41) is 20.0. The number of amides is 5. The second kappa shape index (κ2) is 23.2. The second-order valence-electron chi connectivity index (χ2n) is 19.5. The number of carbonyl (C=O) groups excluding carboxylic acids is 5. The Labute approximate surface area is 412 Å². The summed E-state index contributed by atoms with van der Waals surface area (Å²) in [7, 11) is 0. The summed E-state index contributed by atoms with van der Waals surface area (Å²) in [6, 6.07) is 14.2. The Balaban J connectivity index is 0.771. The van der Waals surface area contributed by atoms with Gasteiger partial charge in [-0.1, -0.05) is 101 Å². The maximum Gasteiger partial charge on any atom is 0.414 e. The van der Waals surface area contributed by atoms with Crippen molar-refractivity contribution in [1.82, 2.24) is 30.5 Å². The number of likely N-dealkylation sites (tertiary alicyclic amines) is 1. The van der Waals surface area contributed by atoms with Crippen LogP contribution < -0.4 is 20.9 Å². The molecular formula is C52H66N8O7S2. The number of rotatable bonds is 20. The zero-order valence-electron chi connectivity index (χ0n) is 40.6. The molecule has 2 aliphatic rings. The van der Waals surface area contributed by atoms with E-state index in [9.17, 15) is 29.1 Å². The van der Waals surface area contributed by atoms with Crippen LogP contribution >= 0.6 is 22.7 Å². The molecule has 0 radical (unpaired) electrons. The Bertz CT molecular complexity index is 2600. The molecule has 368 valence electrons. The van der Waals surface area contributed by atoms with E-state index in [1.54, 1.807) is 16.2 Å².